The van der Waals surface area contributed by atoms with Gasteiger partial charge in [0.05, 0.1) is 6.26 Å². The molecule has 0 radical (unpaired) electrons. The molecule has 0 bridgehead atoms. The molecule has 0 amide bonds. The number of nitrogens with zero attached hydrogens (tertiary/aromatic N) is 3. The Morgan fingerprint density at radius 3 is 2.79 bits per heavy atom. The first-order valence-corrected chi connectivity index (χ1v) is 10.8. The molecule has 1 atom stereocenters. The van der Waals surface area contributed by atoms with Crippen LogP contribution in [0, 0.1) is 0 Å². The largest absolute Gasteiger partial charge is 0.463 e. The Morgan fingerprint density at radius 2 is 1.93 bits per heavy atom. The lowest BCUT2D eigenvalue weighted by molar-refractivity contribution is 0.195. The van der Waals surface area contributed by atoms with Crippen molar-refractivity contribution in [2.24, 2.45) is 0 Å². The zero-order valence-electron chi connectivity index (χ0n) is 15.9. The van der Waals surface area contributed by atoms with Crippen molar-refractivity contribution >= 4 is 17.4 Å². The lowest BCUT2D eigenvalue weighted by atomic mass is 10.1. The second kappa shape index (κ2) is 9.10. The number of nitrogens with one attached hydrogen (secondary N) is 1. The molecule has 0 unspecified atom stereocenters. The third-order valence-corrected chi connectivity index (χ3v) is 5.54. The standard InChI is InChI=1S/C21H24N4O2S/c1-2-3-4-5-8-14-28-21-23-20-18(24-25-21)15-10-6-7-11-16(15)22-19(27-20)17-12-9-13-26-17/h6-7,9-13,19,22H,2-5,8,14H2,1H3/t19-/m1/s1. The summed E-state index contributed by atoms with van der Waals surface area (Å²) >= 11 is 1.63. The summed E-state index contributed by atoms with van der Waals surface area (Å²) in [6.45, 7) is 2.23. The zero-order chi connectivity index (χ0) is 19.2. The molecule has 146 valence electrons. The summed E-state index contributed by atoms with van der Waals surface area (Å²) in [7, 11) is 0. The quantitative estimate of drug-likeness (QED) is 0.387. The molecule has 1 aromatic carbocycles. The molecular weight excluding hydrogens is 372 g/mol. The minimum atomic E-state index is -0.471. The van der Waals surface area contributed by atoms with Crippen LogP contribution in [0.2, 0.25) is 0 Å². The lowest BCUT2D eigenvalue weighted by Gasteiger charge is -2.16. The van der Waals surface area contributed by atoms with Crippen molar-refractivity contribution < 1.29 is 9.15 Å². The molecule has 0 saturated carbocycles. The van der Waals surface area contributed by atoms with Crippen LogP contribution in [-0.4, -0.2) is 20.9 Å². The second-order valence-corrected chi connectivity index (χ2v) is 7.78. The van der Waals surface area contributed by atoms with Crippen LogP contribution in [0.25, 0.3) is 11.3 Å². The van der Waals surface area contributed by atoms with Crippen molar-refractivity contribution in [1.29, 1.82) is 0 Å². The number of unbranched alkanes of at least 4 members (excludes halogenated alkanes) is 4. The van der Waals surface area contributed by atoms with Crippen molar-refractivity contribution in [1.82, 2.24) is 15.2 Å². The van der Waals surface area contributed by atoms with E-state index in [0.29, 0.717) is 22.5 Å². The SMILES string of the molecule is CCCCCCCSc1nnc2c(n1)O[C@H](c1ccco1)Nc1ccccc1-2. The lowest BCUT2D eigenvalue weighted by Crippen LogP contribution is -2.16. The second-order valence-electron chi connectivity index (χ2n) is 6.71. The number of para-hydroxylation sites is 1. The van der Waals surface area contributed by atoms with E-state index in [1.165, 1.54) is 25.7 Å². The van der Waals surface area contributed by atoms with Gasteiger partial charge in [0.15, 0.2) is 11.5 Å². The Bertz CT molecular complexity index is 901. The van der Waals surface area contributed by atoms with Gasteiger partial charge in [0.2, 0.25) is 17.3 Å². The Balaban J connectivity index is 1.54. The summed E-state index contributed by atoms with van der Waals surface area (Å²) in [4.78, 5) is 4.65. The third-order valence-electron chi connectivity index (χ3n) is 4.61. The van der Waals surface area contributed by atoms with E-state index in [0.717, 1.165) is 23.4 Å². The molecule has 0 saturated heterocycles. The number of hydrogen-bond donors (Lipinski definition) is 1. The van der Waals surface area contributed by atoms with Crippen molar-refractivity contribution in [3.8, 4) is 17.1 Å². The monoisotopic (exact) mass is 396 g/mol. The summed E-state index contributed by atoms with van der Waals surface area (Å²) in [5.41, 5.74) is 2.47. The van der Waals surface area contributed by atoms with E-state index in [9.17, 15) is 0 Å². The molecule has 28 heavy (non-hydrogen) atoms. The Kier molecular flexibility index (Phi) is 6.11. The van der Waals surface area contributed by atoms with Gasteiger partial charge in [0, 0.05) is 17.0 Å². The van der Waals surface area contributed by atoms with Crippen molar-refractivity contribution in [3.05, 3.63) is 48.4 Å². The van der Waals surface area contributed by atoms with E-state index in [1.54, 1.807) is 18.0 Å². The number of anilines is 1. The highest BCUT2D eigenvalue weighted by Crippen LogP contribution is 2.39. The molecule has 0 aliphatic carbocycles. The molecule has 6 nitrogen and oxygen atoms in total. The van der Waals surface area contributed by atoms with Crippen LogP contribution >= 0.6 is 11.8 Å². The minimum absolute atomic E-state index is 0.471. The molecular formula is C21H24N4O2S. The number of furan rings is 1. The molecule has 0 fully saturated rings. The smallest absolute Gasteiger partial charge is 0.247 e. The summed E-state index contributed by atoms with van der Waals surface area (Å²) in [6.07, 6.45) is 7.41. The highest BCUT2D eigenvalue weighted by Gasteiger charge is 2.27. The average Bonchev–Trinajstić information content (AvgIpc) is 3.20. The number of rotatable bonds is 8. The van der Waals surface area contributed by atoms with Gasteiger partial charge in [-0.1, -0.05) is 62.6 Å². The van der Waals surface area contributed by atoms with Crippen molar-refractivity contribution in [2.75, 3.05) is 11.1 Å². The van der Waals surface area contributed by atoms with E-state index < -0.39 is 6.23 Å². The third kappa shape index (κ3) is 4.30. The highest BCUT2D eigenvalue weighted by atomic mass is 32.2. The van der Waals surface area contributed by atoms with Crippen molar-refractivity contribution in [2.45, 2.75) is 50.4 Å². The number of aromatic nitrogens is 3. The molecule has 0 spiro atoms. The van der Waals surface area contributed by atoms with Crippen LogP contribution in [0.1, 0.15) is 51.0 Å². The number of fused-ring (bicyclic) bond motifs is 3. The van der Waals surface area contributed by atoms with Crippen LogP contribution in [0.5, 0.6) is 5.88 Å². The topological polar surface area (TPSA) is 73.1 Å². The number of hydrogen-bond acceptors (Lipinski definition) is 7. The van der Waals surface area contributed by atoms with Crippen LogP contribution in [0.3, 0.4) is 0 Å². The molecule has 1 aliphatic rings. The van der Waals surface area contributed by atoms with Gasteiger partial charge in [0.25, 0.3) is 0 Å². The number of benzene rings is 1. The highest BCUT2D eigenvalue weighted by molar-refractivity contribution is 7.99. The number of thioether (sulfide) groups is 1. The van der Waals surface area contributed by atoms with Gasteiger partial charge in [-0.05, 0) is 24.6 Å². The maximum atomic E-state index is 6.15. The van der Waals surface area contributed by atoms with Gasteiger partial charge in [0.1, 0.15) is 0 Å². The molecule has 2 aromatic heterocycles. The Hall–Kier alpha value is -2.54. The first kappa shape index (κ1) is 18.8. The van der Waals surface area contributed by atoms with Crippen LogP contribution in [0.15, 0.2) is 52.2 Å². The van der Waals surface area contributed by atoms with Gasteiger partial charge in [-0.3, -0.25) is 0 Å². The fraction of sp³-hybridized carbons (Fsp3) is 0.381. The summed E-state index contributed by atoms with van der Waals surface area (Å²) < 4.78 is 11.7. The first-order chi connectivity index (χ1) is 13.8. The molecule has 3 aromatic rings. The van der Waals surface area contributed by atoms with Gasteiger partial charge in [-0.2, -0.15) is 4.98 Å². The fourth-order valence-corrected chi connectivity index (χ4v) is 3.92. The summed E-state index contributed by atoms with van der Waals surface area (Å²) in [5.74, 6) is 2.15. The molecule has 1 N–H and O–H groups in total. The first-order valence-electron chi connectivity index (χ1n) is 9.78. The average molecular weight is 397 g/mol. The minimum Gasteiger partial charge on any atom is -0.463 e. The molecule has 1 aliphatic heterocycles. The van der Waals surface area contributed by atoms with Crippen LogP contribution < -0.4 is 10.1 Å². The van der Waals surface area contributed by atoms with Crippen LogP contribution in [-0.2, 0) is 0 Å². The van der Waals surface area contributed by atoms with E-state index in [-0.39, 0.29) is 0 Å². The molecule has 4 rings (SSSR count). The van der Waals surface area contributed by atoms with Gasteiger partial charge in [-0.15, -0.1) is 10.2 Å². The number of ether oxygens (including phenoxy) is 1. The summed E-state index contributed by atoms with van der Waals surface area (Å²) in [6, 6.07) is 11.6. The Labute approximate surface area is 169 Å². The van der Waals surface area contributed by atoms with Crippen LogP contribution in [0.4, 0.5) is 5.69 Å². The van der Waals surface area contributed by atoms with E-state index in [4.69, 9.17) is 9.15 Å². The normalized spacial score (nSPS) is 15.1. The van der Waals surface area contributed by atoms with Gasteiger partial charge >= 0.3 is 0 Å². The molecule has 7 heteroatoms. The Morgan fingerprint density at radius 1 is 1.04 bits per heavy atom. The van der Waals surface area contributed by atoms with E-state index in [2.05, 4.69) is 27.4 Å². The molecule has 3 heterocycles. The van der Waals surface area contributed by atoms with Crippen molar-refractivity contribution in [3.63, 3.8) is 0 Å². The zero-order valence-corrected chi connectivity index (χ0v) is 16.7. The van der Waals surface area contributed by atoms with Gasteiger partial charge < -0.3 is 14.5 Å². The predicted molar refractivity (Wildman–Crippen MR) is 110 cm³/mol. The maximum absolute atomic E-state index is 6.15. The van der Waals surface area contributed by atoms with Gasteiger partial charge in [-0.25, -0.2) is 0 Å². The predicted octanol–water partition coefficient (Wildman–Crippen LogP) is 5.70. The van der Waals surface area contributed by atoms with E-state index in [1.807, 2.05) is 36.4 Å². The summed E-state index contributed by atoms with van der Waals surface area (Å²) in [5, 5.41) is 12.8. The maximum Gasteiger partial charge on any atom is 0.247 e. The fourth-order valence-electron chi connectivity index (χ4n) is 3.15. The van der Waals surface area contributed by atoms with E-state index >= 15 is 0 Å².